The third-order valence-electron chi connectivity index (χ3n) is 5.30. The SMILES string of the molecule is CCNC(=NCc1ccc(S(C)(=O)=O)c(C)c1)NCC(C)(C)N1CCCCC1.I. The van der Waals surface area contributed by atoms with Gasteiger partial charge in [0.2, 0.25) is 0 Å². The molecular weight excluding hydrogens is 499 g/mol. The third-order valence-corrected chi connectivity index (χ3v) is 6.56. The Morgan fingerprint density at radius 3 is 2.38 bits per heavy atom. The highest BCUT2D eigenvalue weighted by molar-refractivity contribution is 14.0. The maximum absolute atomic E-state index is 11.8. The van der Waals surface area contributed by atoms with Gasteiger partial charge < -0.3 is 10.6 Å². The van der Waals surface area contributed by atoms with Crippen LogP contribution in [0.2, 0.25) is 0 Å². The molecule has 0 unspecified atom stereocenters. The number of likely N-dealkylation sites (tertiary alicyclic amines) is 1. The summed E-state index contributed by atoms with van der Waals surface area (Å²) in [5, 5.41) is 6.78. The van der Waals surface area contributed by atoms with Crippen LogP contribution in [0, 0.1) is 6.92 Å². The number of sulfone groups is 1. The van der Waals surface area contributed by atoms with Gasteiger partial charge in [-0.2, -0.15) is 0 Å². The Labute approximate surface area is 193 Å². The standard InChI is InChI=1S/C21H36N4O2S.HI/c1-6-22-20(24-16-21(3,4)25-12-8-7-9-13-25)23-15-18-10-11-19(17(2)14-18)28(5,26)27;/h10-11,14H,6-9,12-13,15-16H2,1-5H3,(H2,22,23,24);1H. The molecule has 1 aliphatic heterocycles. The minimum Gasteiger partial charge on any atom is -0.357 e. The topological polar surface area (TPSA) is 73.8 Å². The summed E-state index contributed by atoms with van der Waals surface area (Å²) in [6, 6.07) is 5.42. The van der Waals surface area contributed by atoms with Gasteiger partial charge in [-0.05, 0) is 70.8 Å². The molecular formula is C21H37IN4O2S. The smallest absolute Gasteiger partial charge is 0.191 e. The van der Waals surface area contributed by atoms with Crippen molar-refractivity contribution in [3.63, 3.8) is 0 Å². The van der Waals surface area contributed by atoms with E-state index in [4.69, 9.17) is 4.99 Å². The summed E-state index contributed by atoms with van der Waals surface area (Å²) in [5.74, 6) is 0.789. The molecule has 2 N–H and O–H groups in total. The van der Waals surface area contributed by atoms with E-state index >= 15 is 0 Å². The highest BCUT2D eigenvalue weighted by atomic mass is 127. The normalized spacial score (nSPS) is 16.2. The van der Waals surface area contributed by atoms with Crippen LogP contribution >= 0.6 is 24.0 Å². The quantitative estimate of drug-likeness (QED) is 0.318. The average molecular weight is 537 g/mol. The minimum atomic E-state index is -3.19. The maximum Gasteiger partial charge on any atom is 0.191 e. The maximum atomic E-state index is 11.8. The van der Waals surface area contributed by atoms with E-state index in [0.717, 1.165) is 43.3 Å². The Morgan fingerprint density at radius 1 is 1.17 bits per heavy atom. The molecule has 1 saturated heterocycles. The Balaban J connectivity index is 0.00000420. The Hall–Kier alpha value is -0.870. The van der Waals surface area contributed by atoms with Crippen molar-refractivity contribution in [2.24, 2.45) is 4.99 Å². The first-order chi connectivity index (χ1) is 13.1. The van der Waals surface area contributed by atoms with E-state index < -0.39 is 9.84 Å². The molecule has 2 rings (SSSR count). The number of hydrogen-bond donors (Lipinski definition) is 2. The van der Waals surface area contributed by atoms with E-state index in [2.05, 4.69) is 36.3 Å². The molecule has 0 aliphatic carbocycles. The zero-order chi connectivity index (χ0) is 20.8. The summed E-state index contributed by atoms with van der Waals surface area (Å²) in [6.45, 7) is 12.9. The van der Waals surface area contributed by atoms with Crippen molar-refractivity contribution in [3.05, 3.63) is 29.3 Å². The Morgan fingerprint density at radius 2 is 1.83 bits per heavy atom. The highest BCUT2D eigenvalue weighted by Gasteiger charge is 2.27. The summed E-state index contributed by atoms with van der Waals surface area (Å²) in [7, 11) is -3.19. The second kappa shape index (κ2) is 11.5. The van der Waals surface area contributed by atoms with E-state index in [-0.39, 0.29) is 29.5 Å². The largest absolute Gasteiger partial charge is 0.357 e. The predicted octanol–water partition coefficient (Wildman–Crippen LogP) is 3.34. The number of aliphatic imine (C=N–C) groups is 1. The molecule has 0 atom stereocenters. The van der Waals surface area contributed by atoms with Crippen LogP contribution in [0.5, 0.6) is 0 Å². The van der Waals surface area contributed by atoms with Crippen LogP contribution in [0.3, 0.4) is 0 Å². The van der Waals surface area contributed by atoms with Crippen LogP contribution < -0.4 is 10.6 Å². The summed E-state index contributed by atoms with van der Waals surface area (Å²) < 4.78 is 23.5. The van der Waals surface area contributed by atoms with Crippen LogP contribution in [0.25, 0.3) is 0 Å². The van der Waals surface area contributed by atoms with Gasteiger partial charge in [0.1, 0.15) is 0 Å². The van der Waals surface area contributed by atoms with Crippen molar-refractivity contribution in [1.82, 2.24) is 15.5 Å². The fourth-order valence-corrected chi connectivity index (χ4v) is 4.61. The van der Waals surface area contributed by atoms with Crippen LogP contribution in [-0.4, -0.2) is 57.3 Å². The lowest BCUT2D eigenvalue weighted by Crippen LogP contribution is -2.54. The molecule has 1 aromatic carbocycles. The molecule has 0 aromatic heterocycles. The Kier molecular flexibility index (Phi) is 10.4. The second-order valence-corrected chi connectivity index (χ2v) is 10.3. The van der Waals surface area contributed by atoms with Crippen molar-refractivity contribution in [1.29, 1.82) is 0 Å². The number of piperidine rings is 1. The number of hydrogen-bond acceptors (Lipinski definition) is 4. The van der Waals surface area contributed by atoms with Crippen LogP contribution in [0.4, 0.5) is 0 Å². The van der Waals surface area contributed by atoms with Crippen LogP contribution in [-0.2, 0) is 16.4 Å². The van der Waals surface area contributed by atoms with Gasteiger partial charge in [0.15, 0.2) is 15.8 Å². The van der Waals surface area contributed by atoms with Crippen LogP contribution in [0.1, 0.15) is 51.2 Å². The van der Waals surface area contributed by atoms with E-state index in [1.165, 1.54) is 25.5 Å². The van der Waals surface area contributed by atoms with Gasteiger partial charge in [0.25, 0.3) is 0 Å². The van der Waals surface area contributed by atoms with Gasteiger partial charge in [-0.15, -0.1) is 24.0 Å². The molecule has 0 radical (unpaired) electrons. The number of aryl methyl sites for hydroxylation is 1. The molecule has 0 amide bonds. The van der Waals surface area contributed by atoms with Gasteiger partial charge in [-0.1, -0.05) is 18.6 Å². The van der Waals surface area contributed by atoms with Gasteiger partial charge in [0.05, 0.1) is 11.4 Å². The number of halogens is 1. The van der Waals surface area contributed by atoms with E-state index in [0.29, 0.717) is 11.4 Å². The number of nitrogens with zero attached hydrogens (tertiary/aromatic N) is 2. The lowest BCUT2D eigenvalue weighted by molar-refractivity contribution is 0.0982. The molecule has 1 heterocycles. The second-order valence-electron chi connectivity index (χ2n) is 8.28. The zero-order valence-corrected chi connectivity index (χ0v) is 21.6. The average Bonchev–Trinajstić information content (AvgIpc) is 2.64. The van der Waals surface area contributed by atoms with Crippen molar-refractivity contribution in [3.8, 4) is 0 Å². The monoisotopic (exact) mass is 536 g/mol. The van der Waals surface area contributed by atoms with E-state index in [9.17, 15) is 8.42 Å². The van der Waals surface area contributed by atoms with Crippen molar-refractivity contribution in [2.75, 3.05) is 32.4 Å². The molecule has 1 aromatic rings. The van der Waals surface area contributed by atoms with Gasteiger partial charge in [-0.25, -0.2) is 13.4 Å². The van der Waals surface area contributed by atoms with Crippen molar-refractivity contribution >= 4 is 39.8 Å². The first-order valence-electron chi connectivity index (χ1n) is 10.2. The molecule has 6 nitrogen and oxygen atoms in total. The fraction of sp³-hybridized carbons (Fsp3) is 0.667. The zero-order valence-electron chi connectivity index (χ0n) is 18.4. The van der Waals surface area contributed by atoms with E-state index in [1.54, 1.807) is 6.07 Å². The lowest BCUT2D eigenvalue weighted by Gasteiger charge is -2.41. The first kappa shape index (κ1) is 26.2. The van der Waals surface area contributed by atoms with Gasteiger partial charge in [0, 0.05) is 24.9 Å². The summed E-state index contributed by atoms with van der Waals surface area (Å²) in [5.41, 5.74) is 1.83. The molecule has 0 saturated carbocycles. The molecule has 0 spiro atoms. The summed E-state index contributed by atoms with van der Waals surface area (Å²) in [4.78, 5) is 7.63. The summed E-state index contributed by atoms with van der Waals surface area (Å²) >= 11 is 0. The van der Waals surface area contributed by atoms with Crippen molar-refractivity contribution in [2.45, 2.75) is 63.9 Å². The van der Waals surface area contributed by atoms with Crippen molar-refractivity contribution < 1.29 is 8.42 Å². The molecule has 166 valence electrons. The Bertz CT molecular complexity index is 788. The predicted molar refractivity (Wildman–Crippen MR) is 132 cm³/mol. The first-order valence-corrected chi connectivity index (χ1v) is 12.1. The molecule has 8 heteroatoms. The number of nitrogens with one attached hydrogen (secondary N) is 2. The molecule has 29 heavy (non-hydrogen) atoms. The molecule has 1 fully saturated rings. The summed E-state index contributed by atoms with van der Waals surface area (Å²) in [6.07, 6.45) is 5.13. The van der Waals surface area contributed by atoms with Gasteiger partial charge >= 0.3 is 0 Å². The van der Waals surface area contributed by atoms with E-state index in [1.807, 2.05) is 19.1 Å². The molecule has 0 bridgehead atoms. The number of rotatable bonds is 7. The van der Waals surface area contributed by atoms with Crippen LogP contribution in [0.15, 0.2) is 28.1 Å². The number of benzene rings is 1. The lowest BCUT2D eigenvalue weighted by atomic mass is 9.98. The highest BCUT2D eigenvalue weighted by Crippen LogP contribution is 2.20. The minimum absolute atomic E-state index is 0. The fourth-order valence-electron chi connectivity index (χ4n) is 3.65. The third kappa shape index (κ3) is 8.05. The van der Waals surface area contributed by atoms with Gasteiger partial charge in [-0.3, -0.25) is 4.90 Å². The number of guanidine groups is 1. The molecule has 1 aliphatic rings.